The van der Waals surface area contributed by atoms with E-state index >= 15 is 0 Å². The lowest BCUT2D eigenvalue weighted by Gasteiger charge is -2.09. The van der Waals surface area contributed by atoms with Crippen molar-refractivity contribution in [2.24, 2.45) is 0 Å². The van der Waals surface area contributed by atoms with Gasteiger partial charge in [0.05, 0.1) is 5.75 Å². The molecule has 0 aromatic heterocycles. The molecule has 3 nitrogen and oxygen atoms in total. The second kappa shape index (κ2) is 6.39. The predicted octanol–water partition coefficient (Wildman–Crippen LogP) is 3.27. The van der Waals surface area contributed by atoms with Crippen molar-refractivity contribution in [3.8, 4) is 0 Å². The predicted molar refractivity (Wildman–Crippen MR) is 82.1 cm³/mol. The number of aryl methyl sites for hydroxylation is 1. The largest absolute Gasteiger partial charge is 0.216 e. The van der Waals surface area contributed by atoms with Crippen LogP contribution in [0.2, 0.25) is 5.02 Å². The number of nitrogens with one attached hydrogen (secondary N) is 1. The van der Waals surface area contributed by atoms with Crippen LogP contribution in [0.15, 0.2) is 48.5 Å². The van der Waals surface area contributed by atoms with Gasteiger partial charge in [0.25, 0.3) is 0 Å². The number of rotatable bonds is 5. The third-order valence-corrected chi connectivity index (χ3v) is 4.53. The van der Waals surface area contributed by atoms with Gasteiger partial charge in [-0.25, -0.2) is 13.1 Å². The van der Waals surface area contributed by atoms with Crippen LogP contribution in [-0.4, -0.2) is 8.42 Å². The molecule has 20 heavy (non-hydrogen) atoms. The van der Waals surface area contributed by atoms with E-state index in [4.69, 9.17) is 11.6 Å². The van der Waals surface area contributed by atoms with Gasteiger partial charge in [0.15, 0.2) is 0 Å². The minimum Gasteiger partial charge on any atom is -0.212 e. The Kier molecular flexibility index (Phi) is 4.81. The van der Waals surface area contributed by atoms with Gasteiger partial charge in [0.2, 0.25) is 10.0 Å². The highest BCUT2D eigenvalue weighted by atomic mass is 35.5. The van der Waals surface area contributed by atoms with Crippen LogP contribution >= 0.6 is 11.6 Å². The molecule has 0 aliphatic heterocycles. The Bertz CT molecular complexity index is 684. The first-order valence-electron chi connectivity index (χ1n) is 6.22. The summed E-state index contributed by atoms with van der Waals surface area (Å²) in [7, 11) is -3.36. The van der Waals surface area contributed by atoms with Gasteiger partial charge >= 0.3 is 0 Å². The first-order valence-corrected chi connectivity index (χ1v) is 8.25. The zero-order valence-electron chi connectivity index (χ0n) is 11.1. The maximum atomic E-state index is 12.0. The molecule has 0 unspecified atom stereocenters. The first kappa shape index (κ1) is 15.0. The van der Waals surface area contributed by atoms with Crippen molar-refractivity contribution >= 4 is 21.6 Å². The average molecular weight is 310 g/mol. The summed E-state index contributed by atoms with van der Waals surface area (Å²) in [4.78, 5) is 0. The number of benzene rings is 2. The number of hydrogen-bond donors (Lipinski definition) is 1. The standard InChI is InChI=1S/C15H16ClNO2S/c1-12-7-8-15(16)9-14(12)10-17-20(18,19)11-13-5-3-2-4-6-13/h2-9,17H,10-11H2,1H3. The lowest BCUT2D eigenvalue weighted by atomic mass is 10.1. The lowest BCUT2D eigenvalue weighted by molar-refractivity contribution is 0.580. The Hall–Kier alpha value is -1.36. The van der Waals surface area contributed by atoms with Gasteiger partial charge < -0.3 is 0 Å². The van der Waals surface area contributed by atoms with Gasteiger partial charge in [0, 0.05) is 11.6 Å². The summed E-state index contributed by atoms with van der Waals surface area (Å²) in [5.74, 6) is -0.0204. The highest BCUT2D eigenvalue weighted by Crippen LogP contribution is 2.15. The minimum atomic E-state index is -3.36. The zero-order valence-corrected chi connectivity index (χ0v) is 12.7. The van der Waals surface area contributed by atoms with E-state index in [-0.39, 0.29) is 12.3 Å². The molecule has 0 saturated carbocycles. The van der Waals surface area contributed by atoms with Gasteiger partial charge in [-0.1, -0.05) is 48.0 Å². The maximum Gasteiger partial charge on any atom is 0.216 e. The van der Waals surface area contributed by atoms with Gasteiger partial charge in [-0.15, -0.1) is 0 Å². The monoisotopic (exact) mass is 309 g/mol. The summed E-state index contributed by atoms with van der Waals surface area (Å²) in [6.07, 6.45) is 0. The lowest BCUT2D eigenvalue weighted by Crippen LogP contribution is -2.25. The smallest absolute Gasteiger partial charge is 0.212 e. The molecule has 0 heterocycles. The second-order valence-electron chi connectivity index (χ2n) is 4.64. The van der Waals surface area contributed by atoms with Crippen molar-refractivity contribution in [2.45, 2.75) is 19.2 Å². The molecule has 2 rings (SSSR count). The van der Waals surface area contributed by atoms with Crippen molar-refractivity contribution in [1.82, 2.24) is 4.72 Å². The highest BCUT2D eigenvalue weighted by molar-refractivity contribution is 7.88. The summed E-state index contributed by atoms with van der Waals surface area (Å²) >= 11 is 5.92. The molecule has 0 spiro atoms. The number of hydrogen-bond acceptors (Lipinski definition) is 2. The maximum absolute atomic E-state index is 12.0. The molecule has 5 heteroatoms. The molecule has 0 radical (unpaired) electrons. The summed E-state index contributed by atoms with van der Waals surface area (Å²) in [5, 5.41) is 0.604. The quantitative estimate of drug-likeness (QED) is 0.921. The molecular formula is C15H16ClNO2S. The molecule has 1 N–H and O–H groups in total. The van der Waals surface area contributed by atoms with E-state index in [0.717, 1.165) is 16.7 Å². The van der Waals surface area contributed by atoms with E-state index in [1.54, 1.807) is 24.3 Å². The van der Waals surface area contributed by atoms with Crippen LogP contribution in [0.5, 0.6) is 0 Å². The van der Waals surface area contributed by atoms with Crippen molar-refractivity contribution < 1.29 is 8.42 Å². The van der Waals surface area contributed by atoms with E-state index < -0.39 is 10.0 Å². The van der Waals surface area contributed by atoms with Crippen molar-refractivity contribution in [2.75, 3.05) is 0 Å². The Balaban J connectivity index is 2.04. The Labute approximate surface area is 124 Å². The van der Waals surface area contributed by atoms with Crippen LogP contribution in [0, 0.1) is 6.92 Å². The fourth-order valence-electron chi connectivity index (χ4n) is 1.86. The molecule has 2 aromatic carbocycles. The molecule has 0 atom stereocenters. The Morgan fingerprint density at radius 1 is 1.10 bits per heavy atom. The molecule has 0 fully saturated rings. The van der Waals surface area contributed by atoms with Gasteiger partial charge in [-0.05, 0) is 35.7 Å². The fraction of sp³-hybridized carbons (Fsp3) is 0.200. The van der Waals surface area contributed by atoms with Gasteiger partial charge in [0.1, 0.15) is 0 Å². The average Bonchev–Trinajstić information content (AvgIpc) is 2.40. The van der Waals surface area contributed by atoms with Crippen LogP contribution in [-0.2, 0) is 22.3 Å². The Morgan fingerprint density at radius 3 is 2.50 bits per heavy atom. The number of sulfonamides is 1. The fourth-order valence-corrected chi connectivity index (χ4v) is 3.17. The summed E-state index contributed by atoms with van der Waals surface area (Å²) in [6, 6.07) is 14.6. The highest BCUT2D eigenvalue weighted by Gasteiger charge is 2.11. The third-order valence-electron chi connectivity index (χ3n) is 2.99. The van der Waals surface area contributed by atoms with Crippen LogP contribution < -0.4 is 4.72 Å². The summed E-state index contributed by atoms with van der Waals surface area (Å²) in [5.41, 5.74) is 2.66. The van der Waals surface area contributed by atoms with Crippen LogP contribution in [0.4, 0.5) is 0 Å². The minimum absolute atomic E-state index is 0.0204. The molecule has 0 aliphatic carbocycles. The molecule has 0 bridgehead atoms. The normalized spacial score (nSPS) is 11.5. The van der Waals surface area contributed by atoms with E-state index in [9.17, 15) is 8.42 Å². The molecule has 2 aromatic rings. The number of halogens is 1. The van der Waals surface area contributed by atoms with Gasteiger partial charge in [-0.3, -0.25) is 0 Å². The van der Waals surface area contributed by atoms with Crippen LogP contribution in [0.3, 0.4) is 0 Å². The first-order chi connectivity index (χ1) is 9.46. The van der Waals surface area contributed by atoms with Crippen LogP contribution in [0.1, 0.15) is 16.7 Å². The summed E-state index contributed by atoms with van der Waals surface area (Å²) in [6.45, 7) is 2.18. The molecular weight excluding hydrogens is 294 g/mol. The van der Waals surface area contributed by atoms with Gasteiger partial charge in [-0.2, -0.15) is 0 Å². The topological polar surface area (TPSA) is 46.2 Å². The van der Waals surface area contributed by atoms with Crippen molar-refractivity contribution in [1.29, 1.82) is 0 Å². The Morgan fingerprint density at radius 2 is 1.80 bits per heavy atom. The van der Waals surface area contributed by atoms with Crippen LogP contribution in [0.25, 0.3) is 0 Å². The van der Waals surface area contributed by atoms with Crippen molar-refractivity contribution in [3.63, 3.8) is 0 Å². The molecule has 0 amide bonds. The van der Waals surface area contributed by atoms with E-state index in [1.807, 2.05) is 31.2 Å². The van der Waals surface area contributed by atoms with E-state index in [1.165, 1.54) is 0 Å². The molecule has 106 valence electrons. The molecule has 0 aliphatic rings. The van der Waals surface area contributed by atoms with E-state index in [0.29, 0.717) is 5.02 Å². The second-order valence-corrected chi connectivity index (χ2v) is 6.88. The third kappa shape index (κ3) is 4.34. The zero-order chi connectivity index (χ0) is 14.6. The SMILES string of the molecule is Cc1ccc(Cl)cc1CNS(=O)(=O)Cc1ccccc1. The molecule has 0 saturated heterocycles. The van der Waals surface area contributed by atoms with E-state index in [2.05, 4.69) is 4.72 Å². The summed E-state index contributed by atoms with van der Waals surface area (Å²) < 4.78 is 26.7. The van der Waals surface area contributed by atoms with Crippen molar-refractivity contribution in [3.05, 3.63) is 70.2 Å².